The van der Waals surface area contributed by atoms with Gasteiger partial charge < -0.3 is 24.9 Å². The molecule has 10 heteroatoms. The summed E-state index contributed by atoms with van der Waals surface area (Å²) in [6.45, 7) is 15.6. The molecule has 3 aliphatic rings. The molecule has 8 bridgehead atoms. The molecule has 3 aromatic heterocycles. The van der Waals surface area contributed by atoms with E-state index in [0.717, 1.165) is 34.0 Å². The standard InChI is InChI=1S/C35H32N4O5.Mg/c1-8-19-15(3)22-12-24-17(5)21(10-11-28(40)41)32(38-24)30-31(35(43)44-7)34(42)29-18(6)25(39-33(29)30)14-27-20(9-2)16(4)23(37-27)13-26(19)36-22;/h8-14,31,35,43H,1-2H2,3-7H3,(H3,36,37,38,39,40,41,42);/q;+2/p-2/b11-10+,22-12?,23-13?,24-12?,25-14?,26-13?,27-14?,32-30?;/t31-,35?;/m1./s1. The van der Waals surface area contributed by atoms with E-state index in [4.69, 9.17) is 24.7 Å². The Labute approximate surface area is 275 Å². The van der Waals surface area contributed by atoms with Gasteiger partial charge in [0.05, 0.1) is 28.7 Å². The maximum absolute atomic E-state index is 14.0. The van der Waals surface area contributed by atoms with E-state index in [2.05, 4.69) is 13.2 Å². The summed E-state index contributed by atoms with van der Waals surface area (Å²) in [7, 11) is 1.32. The van der Waals surface area contributed by atoms with Crippen molar-refractivity contribution in [3.05, 3.63) is 100 Å². The summed E-state index contributed by atoms with van der Waals surface area (Å²) in [5.41, 5.74) is 10.5. The van der Waals surface area contributed by atoms with Gasteiger partial charge in [0, 0.05) is 29.9 Å². The van der Waals surface area contributed by atoms with Gasteiger partial charge in [-0.1, -0.05) is 54.6 Å². The maximum atomic E-state index is 14.0. The maximum Gasteiger partial charge on any atom is 2.00 e. The molecule has 3 aromatic rings. The molecule has 9 nitrogen and oxygen atoms in total. The first-order valence-corrected chi connectivity index (χ1v) is 14.0. The number of ketones is 1. The number of rotatable bonds is 6. The van der Waals surface area contributed by atoms with Crippen LogP contribution in [0.5, 0.6) is 0 Å². The number of hydrogen-bond acceptors (Lipinski definition) is 6. The Morgan fingerprint density at radius 1 is 0.933 bits per heavy atom. The van der Waals surface area contributed by atoms with Gasteiger partial charge in [0.15, 0.2) is 12.1 Å². The number of carboxylic acid groups (broad SMARTS) is 1. The van der Waals surface area contributed by atoms with Crippen molar-refractivity contribution < 1.29 is 24.5 Å². The molecule has 0 saturated carbocycles. The first-order chi connectivity index (χ1) is 21.0. The Hall–Kier alpha value is -4.35. The van der Waals surface area contributed by atoms with Crippen LogP contribution >= 0.6 is 0 Å². The molecule has 2 N–H and O–H groups in total. The first-order valence-electron chi connectivity index (χ1n) is 14.0. The Balaban J connectivity index is 0.00000400. The number of Topliss-reactive ketones (excluding diaryl/α,β-unsaturated/α-hetero) is 1. The second-order valence-corrected chi connectivity index (χ2v) is 11.0. The predicted octanol–water partition coefficient (Wildman–Crippen LogP) is 5.38. The van der Waals surface area contributed by atoms with Crippen molar-refractivity contribution >= 4 is 85.2 Å². The molecule has 5 heterocycles. The molecule has 1 aliphatic carbocycles. The van der Waals surface area contributed by atoms with Crippen LogP contribution in [0.4, 0.5) is 0 Å². The van der Waals surface area contributed by atoms with Crippen LogP contribution in [-0.2, 0) is 9.53 Å². The SMILES string of the molecule is C=CC1=C(C)c2cc3[n-]c(cc4nc(c5c6[n-]c(cc1n2)c(C)c6C(=O)[C@@H]5C(O)OC)C(/C=C/C(=O)O)=C4C)c(C)c3C=C.[Mg+2]. The Kier molecular flexibility index (Phi) is 8.45. The van der Waals surface area contributed by atoms with Gasteiger partial charge in [-0.25, -0.2) is 14.8 Å². The number of aliphatic hydroxyl groups excluding tert-OH is 1. The summed E-state index contributed by atoms with van der Waals surface area (Å²) in [6, 6.07) is 5.57. The number of methoxy groups -OCH3 is 1. The fraction of sp³-hybridized carbons (Fsp3) is 0.200. The number of fused-ring (bicyclic) bond motifs is 8. The summed E-state index contributed by atoms with van der Waals surface area (Å²) in [6.07, 6.45) is 4.50. The average molecular weight is 611 g/mol. The summed E-state index contributed by atoms with van der Waals surface area (Å²) in [5, 5.41) is 20.4. The van der Waals surface area contributed by atoms with Crippen molar-refractivity contribution in [3.63, 3.8) is 0 Å². The number of allylic oxidation sites excluding steroid dienone is 6. The van der Waals surface area contributed by atoms with Crippen molar-refractivity contribution in [2.24, 2.45) is 0 Å². The Morgan fingerprint density at radius 2 is 1.56 bits per heavy atom. The van der Waals surface area contributed by atoms with Crippen molar-refractivity contribution in [2.75, 3.05) is 7.11 Å². The number of carboxylic acids is 1. The zero-order chi connectivity index (χ0) is 31.6. The van der Waals surface area contributed by atoms with Crippen LogP contribution in [0.1, 0.15) is 75.2 Å². The minimum absolute atomic E-state index is 0. The molecule has 0 radical (unpaired) electrons. The van der Waals surface area contributed by atoms with Crippen LogP contribution in [-0.4, -0.2) is 68.4 Å². The molecule has 0 amide bonds. The minimum Gasteiger partial charge on any atom is -0.657 e. The molecule has 2 aliphatic heterocycles. The fourth-order valence-electron chi connectivity index (χ4n) is 6.20. The van der Waals surface area contributed by atoms with Crippen LogP contribution in [0.2, 0.25) is 0 Å². The van der Waals surface area contributed by atoms with Crippen LogP contribution in [0.25, 0.3) is 50.4 Å². The number of aromatic nitrogens is 4. The normalized spacial score (nSPS) is 16.4. The fourth-order valence-corrected chi connectivity index (χ4v) is 6.20. The number of carbonyl (C=O) groups excluding carboxylic acids is 1. The molecular weight excluding hydrogens is 581 g/mol. The van der Waals surface area contributed by atoms with Crippen molar-refractivity contribution in [2.45, 2.75) is 39.9 Å². The number of aryl methyl sites for hydroxylation is 2. The topological polar surface area (TPSA) is 138 Å². The zero-order valence-corrected chi connectivity index (χ0v) is 27.1. The van der Waals surface area contributed by atoms with Gasteiger partial charge in [0.1, 0.15) is 0 Å². The third-order valence-corrected chi connectivity index (χ3v) is 8.61. The number of aliphatic carboxylic acids is 1. The molecule has 2 atom stereocenters. The van der Waals surface area contributed by atoms with E-state index < -0.39 is 18.2 Å². The summed E-state index contributed by atoms with van der Waals surface area (Å²) in [5.74, 6) is -2.61. The van der Waals surface area contributed by atoms with E-state index in [1.54, 1.807) is 12.2 Å². The van der Waals surface area contributed by atoms with E-state index in [1.165, 1.54) is 13.2 Å². The van der Waals surface area contributed by atoms with Crippen molar-refractivity contribution in [1.29, 1.82) is 0 Å². The quantitative estimate of drug-likeness (QED) is 0.214. The van der Waals surface area contributed by atoms with Gasteiger partial charge >= 0.3 is 29.0 Å². The minimum atomic E-state index is -1.48. The number of aliphatic hydroxyl groups is 1. The second-order valence-electron chi connectivity index (χ2n) is 11.0. The molecule has 222 valence electrons. The molecule has 0 aromatic carbocycles. The monoisotopic (exact) mass is 610 g/mol. The van der Waals surface area contributed by atoms with Crippen LogP contribution < -0.4 is 9.97 Å². The number of hydrogen-bond donors (Lipinski definition) is 2. The molecule has 0 saturated heterocycles. The Bertz CT molecular complexity index is 2110. The van der Waals surface area contributed by atoms with Gasteiger partial charge in [0.2, 0.25) is 0 Å². The van der Waals surface area contributed by atoms with Gasteiger partial charge in [-0.05, 0) is 56.0 Å². The molecule has 1 unspecified atom stereocenters. The summed E-state index contributed by atoms with van der Waals surface area (Å²) < 4.78 is 5.26. The zero-order valence-electron chi connectivity index (χ0n) is 25.7. The summed E-state index contributed by atoms with van der Waals surface area (Å²) >= 11 is 0. The van der Waals surface area contributed by atoms with E-state index >= 15 is 0 Å². The molecule has 0 spiro atoms. The smallest absolute Gasteiger partial charge is 0.657 e. The van der Waals surface area contributed by atoms with Gasteiger partial charge in [0.25, 0.3) is 0 Å². The third-order valence-electron chi connectivity index (χ3n) is 8.61. The average Bonchev–Trinajstić information content (AvgIpc) is 3.72. The van der Waals surface area contributed by atoms with E-state index in [0.29, 0.717) is 67.0 Å². The molecular formula is C35H30MgN4O5. The van der Waals surface area contributed by atoms with Crippen LogP contribution in [0, 0.1) is 13.8 Å². The molecule has 45 heavy (non-hydrogen) atoms. The van der Waals surface area contributed by atoms with E-state index in [1.807, 2.05) is 45.9 Å². The number of ether oxygens (including phenoxy) is 1. The predicted molar refractivity (Wildman–Crippen MR) is 176 cm³/mol. The van der Waals surface area contributed by atoms with Gasteiger partial charge in [-0.15, -0.1) is 22.1 Å². The van der Waals surface area contributed by atoms with Crippen molar-refractivity contribution in [3.8, 4) is 0 Å². The van der Waals surface area contributed by atoms with E-state index in [-0.39, 0.29) is 28.8 Å². The molecule has 0 fully saturated rings. The third kappa shape index (κ3) is 4.94. The van der Waals surface area contributed by atoms with Crippen LogP contribution in [0.3, 0.4) is 0 Å². The van der Waals surface area contributed by atoms with Crippen molar-refractivity contribution in [1.82, 2.24) is 19.9 Å². The molecule has 6 rings (SSSR count). The van der Waals surface area contributed by atoms with Gasteiger partial charge in [-0.3, -0.25) is 4.79 Å². The number of carbonyl (C=O) groups is 2. The van der Waals surface area contributed by atoms with Crippen LogP contribution in [0.15, 0.2) is 49.6 Å². The first kappa shape index (κ1) is 32.1. The second kappa shape index (κ2) is 11.9. The number of nitrogens with zero attached hydrogens (tertiary/aromatic N) is 4. The Morgan fingerprint density at radius 3 is 2.20 bits per heavy atom. The largest absolute Gasteiger partial charge is 2.00 e. The van der Waals surface area contributed by atoms with E-state index in [9.17, 15) is 19.8 Å². The summed E-state index contributed by atoms with van der Waals surface area (Å²) in [4.78, 5) is 45.3. The van der Waals surface area contributed by atoms with Gasteiger partial charge in [-0.2, -0.15) is 0 Å².